The second kappa shape index (κ2) is 5.96. The first-order valence-corrected chi connectivity index (χ1v) is 8.03. The second-order valence-electron chi connectivity index (χ2n) is 4.50. The van der Waals surface area contributed by atoms with E-state index in [1.807, 2.05) is 25.1 Å². The van der Waals surface area contributed by atoms with Crippen molar-refractivity contribution in [3.63, 3.8) is 0 Å². The van der Waals surface area contributed by atoms with E-state index in [4.69, 9.17) is 5.73 Å². The lowest BCUT2D eigenvalue weighted by Gasteiger charge is -2.22. The Morgan fingerprint density at radius 1 is 1.05 bits per heavy atom. The molecule has 0 amide bonds. The number of sulfonamides is 1. The minimum atomic E-state index is -3.42. The standard InChI is InChI=1S/C15H18N2O2S/c1-2-17(15-9-4-3-5-10-15)20(18,19)12-13-7-6-8-14(16)11-13/h3-11H,2,12,16H2,1H3. The van der Waals surface area contributed by atoms with Crippen molar-refractivity contribution in [1.29, 1.82) is 0 Å². The highest BCUT2D eigenvalue weighted by atomic mass is 32.2. The molecular formula is C15H18N2O2S. The molecule has 5 heteroatoms. The van der Waals surface area contributed by atoms with Gasteiger partial charge in [-0.25, -0.2) is 8.42 Å². The Kier molecular flexibility index (Phi) is 4.29. The molecule has 0 atom stereocenters. The summed E-state index contributed by atoms with van der Waals surface area (Å²) >= 11 is 0. The number of benzene rings is 2. The van der Waals surface area contributed by atoms with Gasteiger partial charge in [0.05, 0.1) is 11.4 Å². The number of nitrogen functional groups attached to an aromatic ring is 1. The molecule has 0 bridgehead atoms. The quantitative estimate of drug-likeness (QED) is 0.861. The normalized spacial score (nSPS) is 11.2. The van der Waals surface area contributed by atoms with E-state index in [0.29, 0.717) is 23.5 Å². The van der Waals surface area contributed by atoms with E-state index in [2.05, 4.69) is 0 Å². The fraction of sp³-hybridized carbons (Fsp3) is 0.200. The SMILES string of the molecule is CCN(c1ccccc1)S(=O)(=O)Cc1cccc(N)c1. The highest BCUT2D eigenvalue weighted by molar-refractivity contribution is 7.92. The van der Waals surface area contributed by atoms with Crippen LogP contribution in [-0.2, 0) is 15.8 Å². The fourth-order valence-corrected chi connectivity index (χ4v) is 3.70. The van der Waals surface area contributed by atoms with Crippen LogP contribution in [0.1, 0.15) is 12.5 Å². The van der Waals surface area contributed by atoms with E-state index >= 15 is 0 Å². The lowest BCUT2D eigenvalue weighted by molar-refractivity contribution is 0.591. The lowest BCUT2D eigenvalue weighted by Crippen LogP contribution is -2.31. The van der Waals surface area contributed by atoms with E-state index in [0.717, 1.165) is 0 Å². The number of hydrogen-bond donors (Lipinski definition) is 1. The van der Waals surface area contributed by atoms with Crippen molar-refractivity contribution in [1.82, 2.24) is 0 Å². The number of rotatable bonds is 5. The van der Waals surface area contributed by atoms with E-state index in [9.17, 15) is 8.42 Å². The van der Waals surface area contributed by atoms with E-state index in [1.54, 1.807) is 36.4 Å². The summed E-state index contributed by atoms with van der Waals surface area (Å²) in [5.74, 6) is -0.0548. The summed E-state index contributed by atoms with van der Waals surface area (Å²) in [5, 5.41) is 0. The lowest BCUT2D eigenvalue weighted by atomic mass is 10.2. The molecule has 0 fully saturated rings. The highest BCUT2D eigenvalue weighted by Gasteiger charge is 2.21. The predicted octanol–water partition coefficient (Wildman–Crippen LogP) is 2.63. The van der Waals surface area contributed by atoms with Crippen molar-refractivity contribution in [2.75, 3.05) is 16.6 Å². The smallest absolute Gasteiger partial charge is 0.239 e. The van der Waals surface area contributed by atoms with Crippen LogP contribution in [0.25, 0.3) is 0 Å². The molecule has 0 heterocycles. The van der Waals surface area contributed by atoms with Crippen molar-refractivity contribution in [2.24, 2.45) is 0 Å². The van der Waals surface area contributed by atoms with E-state index in [1.165, 1.54) is 4.31 Å². The molecule has 0 aliphatic heterocycles. The van der Waals surface area contributed by atoms with Gasteiger partial charge in [-0.05, 0) is 36.8 Å². The molecule has 2 aromatic carbocycles. The van der Waals surface area contributed by atoms with Gasteiger partial charge in [-0.2, -0.15) is 0 Å². The summed E-state index contributed by atoms with van der Waals surface area (Å²) in [5.41, 5.74) is 7.63. The minimum Gasteiger partial charge on any atom is -0.399 e. The summed E-state index contributed by atoms with van der Waals surface area (Å²) < 4.78 is 26.5. The number of hydrogen-bond acceptors (Lipinski definition) is 3. The monoisotopic (exact) mass is 290 g/mol. The Bertz CT molecular complexity index is 669. The van der Waals surface area contributed by atoms with Crippen LogP contribution in [-0.4, -0.2) is 15.0 Å². The summed E-state index contributed by atoms with van der Waals surface area (Å²) in [4.78, 5) is 0. The summed E-state index contributed by atoms with van der Waals surface area (Å²) in [6, 6.07) is 16.1. The molecule has 0 aliphatic carbocycles. The number of para-hydroxylation sites is 1. The molecule has 0 aromatic heterocycles. The maximum atomic E-state index is 12.5. The second-order valence-corrected chi connectivity index (χ2v) is 6.39. The molecule has 2 N–H and O–H groups in total. The predicted molar refractivity (Wildman–Crippen MR) is 82.9 cm³/mol. The molecule has 0 aliphatic rings. The average molecular weight is 290 g/mol. The van der Waals surface area contributed by atoms with Crippen LogP contribution in [0.4, 0.5) is 11.4 Å². The zero-order valence-electron chi connectivity index (χ0n) is 11.4. The largest absolute Gasteiger partial charge is 0.399 e. The third-order valence-corrected chi connectivity index (χ3v) is 4.81. The van der Waals surface area contributed by atoms with Gasteiger partial charge in [0.15, 0.2) is 0 Å². The zero-order chi connectivity index (χ0) is 14.6. The Balaban J connectivity index is 2.29. The molecule has 4 nitrogen and oxygen atoms in total. The minimum absolute atomic E-state index is 0.0548. The van der Waals surface area contributed by atoms with E-state index < -0.39 is 10.0 Å². The van der Waals surface area contributed by atoms with Crippen LogP contribution >= 0.6 is 0 Å². The van der Waals surface area contributed by atoms with Crippen LogP contribution in [0.2, 0.25) is 0 Å². The number of nitrogens with two attached hydrogens (primary N) is 1. The number of nitrogens with zero attached hydrogens (tertiary/aromatic N) is 1. The van der Waals surface area contributed by atoms with Gasteiger partial charge >= 0.3 is 0 Å². The van der Waals surface area contributed by atoms with Crippen molar-refractivity contribution in [2.45, 2.75) is 12.7 Å². The van der Waals surface area contributed by atoms with Crippen molar-refractivity contribution >= 4 is 21.4 Å². The molecule has 0 saturated carbocycles. The summed E-state index contributed by atoms with van der Waals surface area (Å²) in [7, 11) is -3.42. The molecule has 2 aromatic rings. The molecule has 0 spiro atoms. The van der Waals surface area contributed by atoms with Crippen molar-refractivity contribution in [3.8, 4) is 0 Å². The van der Waals surface area contributed by atoms with Gasteiger partial charge in [0.1, 0.15) is 0 Å². The van der Waals surface area contributed by atoms with Crippen LogP contribution in [0.15, 0.2) is 54.6 Å². The van der Waals surface area contributed by atoms with Crippen LogP contribution in [0, 0.1) is 0 Å². The van der Waals surface area contributed by atoms with Crippen molar-refractivity contribution in [3.05, 3.63) is 60.2 Å². The summed E-state index contributed by atoms with van der Waals surface area (Å²) in [6.07, 6.45) is 0. The van der Waals surface area contributed by atoms with Gasteiger partial charge in [-0.3, -0.25) is 4.31 Å². The molecule has 0 radical (unpaired) electrons. The third kappa shape index (κ3) is 3.30. The van der Waals surface area contributed by atoms with Gasteiger partial charge in [0, 0.05) is 12.2 Å². The maximum absolute atomic E-state index is 12.5. The van der Waals surface area contributed by atoms with Gasteiger partial charge in [-0.15, -0.1) is 0 Å². The van der Waals surface area contributed by atoms with Crippen LogP contribution < -0.4 is 10.0 Å². The molecular weight excluding hydrogens is 272 g/mol. The van der Waals surface area contributed by atoms with Gasteiger partial charge in [-0.1, -0.05) is 30.3 Å². The molecule has 106 valence electrons. The Hall–Kier alpha value is -2.01. The van der Waals surface area contributed by atoms with Crippen LogP contribution in [0.5, 0.6) is 0 Å². The van der Waals surface area contributed by atoms with Gasteiger partial charge in [0.25, 0.3) is 0 Å². The first-order chi connectivity index (χ1) is 9.53. The molecule has 0 unspecified atom stereocenters. The molecule has 2 rings (SSSR count). The maximum Gasteiger partial charge on any atom is 0.239 e. The van der Waals surface area contributed by atoms with Gasteiger partial charge in [0.2, 0.25) is 10.0 Å². The van der Waals surface area contributed by atoms with Gasteiger partial charge < -0.3 is 5.73 Å². The Morgan fingerprint density at radius 2 is 1.75 bits per heavy atom. The molecule has 0 saturated heterocycles. The fourth-order valence-electron chi connectivity index (χ4n) is 2.11. The highest BCUT2D eigenvalue weighted by Crippen LogP contribution is 2.20. The van der Waals surface area contributed by atoms with Crippen molar-refractivity contribution < 1.29 is 8.42 Å². The zero-order valence-corrected chi connectivity index (χ0v) is 12.2. The first kappa shape index (κ1) is 14.4. The van der Waals surface area contributed by atoms with E-state index in [-0.39, 0.29) is 5.75 Å². The Labute approximate surface area is 119 Å². The first-order valence-electron chi connectivity index (χ1n) is 6.43. The summed E-state index contributed by atoms with van der Waals surface area (Å²) in [6.45, 7) is 2.22. The topological polar surface area (TPSA) is 63.4 Å². The average Bonchev–Trinajstić information content (AvgIpc) is 2.39. The van der Waals surface area contributed by atoms with Crippen LogP contribution in [0.3, 0.4) is 0 Å². The molecule has 20 heavy (non-hydrogen) atoms. The number of anilines is 2. The Morgan fingerprint density at radius 3 is 2.35 bits per heavy atom. The third-order valence-electron chi connectivity index (χ3n) is 2.97.